The fourth-order valence-corrected chi connectivity index (χ4v) is 3.33. The Balaban J connectivity index is 2.06. The van der Waals surface area contributed by atoms with Crippen LogP contribution in [-0.4, -0.2) is 14.6 Å². The van der Waals surface area contributed by atoms with Crippen LogP contribution in [0.2, 0.25) is 5.02 Å². The molecule has 98 valence electrons. The van der Waals surface area contributed by atoms with E-state index in [4.69, 9.17) is 17.3 Å². The smallest absolute Gasteiger partial charge is 0.217 e. The Labute approximate surface area is 123 Å². The first kappa shape index (κ1) is 11.7. The normalized spacial score (nSPS) is 11.4. The number of para-hydroxylation sites is 1. The molecule has 4 rings (SSSR count). The topological polar surface area (TPSA) is 56.2 Å². The molecule has 0 saturated carbocycles. The van der Waals surface area contributed by atoms with Crippen molar-refractivity contribution in [2.24, 2.45) is 0 Å². The highest BCUT2D eigenvalue weighted by Gasteiger charge is 2.14. The third kappa shape index (κ3) is 1.60. The van der Waals surface area contributed by atoms with Gasteiger partial charge in [0.05, 0.1) is 20.9 Å². The van der Waals surface area contributed by atoms with Gasteiger partial charge in [0, 0.05) is 5.56 Å². The van der Waals surface area contributed by atoms with Gasteiger partial charge in [0.1, 0.15) is 0 Å². The Kier molecular flexibility index (Phi) is 2.45. The van der Waals surface area contributed by atoms with E-state index in [0.717, 1.165) is 21.9 Å². The second kappa shape index (κ2) is 4.19. The maximum Gasteiger partial charge on any atom is 0.217 e. The average molecular weight is 301 g/mol. The molecule has 0 saturated heterocycles. The Bertz CT molecular complexity index is 941. The first-order valence-electron chi connectivity index (χ1n) is 6.02. The molecule has 2 aromatic heterocycles. The van der Waals surface area contributed by atoms with E-state index in [1.54, 1.807) is 17.4 Å². The number of hydrogen-bond donors (Lipinski definition) is 1. The van der Waals surface area contributed by atoms with Crippen molar-refractivity contribution >= 4 is 43.8 Å². The summed E-state index contributed by atoms with van der Waals surface area (Å²) in [7, 11) is 0. The zero-order valence-electron chi connectivity index (χ0n) is 10.2. The molecule has 2 N–H and O–H groups in total. The van der Waals surface area contributed by atoms with Gasteiger partial charge in [-0.1, -0.05) is 35.1 Å². The van der Waals surface area contributed by atoms with Crippen molar-refractivity contribution in [1.29, 1.82) is 0 Å². The van der Waals surface area contributed by atoms with Gasteiger partial charge in [-0.3, -0.25) is 4.40 Å². The van der Waals surface area contributed by atoms with Gasteiger partial charge in [-0.25, -0.2) is 0 Å². The zero-order valence-corrected chi connectivity index (χ0v) is 11.8. The number of fused-ring (bicyclic) bond motifs is 3. The SMILES string of the molecule is Nc1cc(-c2nnc3sc4ccccc4n23)ccc1Cl. The molecule has 2 heterocycles. The van der Waals surface area contributed by atoms with Gasteiger partial charge in [-0.05, 0) is 30.3 Å². The predicted molar refractivity (Wildman–Crippen MR) is 83.2 cm³/mol. The molecule has 0 atom stereocenters. The summed E-state index contributed by atoms with van der Waals surface area (Å²) in [4.78, 5) is 0.870. The summed E-state index contributed by atoms with van der Waals surface area (Å²) < 4.78 is 3.23. The Morgan fingerprint density at radius 1 is 1.10 bits per heavy atom. The number of nitrogens with two attached hydrogens (primary N) is 1. The molecule has 6 heteroatoms. The molecule has 0 fully saturated rings. The first-order chi connectivity index (χ1) is 9.74. The lowest BCUT2D eigenvalue weighted by Crippen LogP contribution is -1.91. The molecule has 0 spiro atoms. The van der Waals surface area contributed by atoms with E-state index in [1.807, 2.05) is 28.7 Å². The minimum absolute atomic E-state index is 0.542. The van der Waals surface area contributed by atoms with Crippen molar-refractivity contribution in [2.45, 2.75) is 0 Å². The Morgan fingerprint density at radius 3 is 2.80 bits per heavy atom. The van der Waals surface area contributed by atoms with Gasteiger partial charge in [0.25, 0.3) is 0 Å². The summed E-state index contributed by atoms with van der Waals surface area (Å²) in [5, 5.41) is 9.06. The van der Waals surface area contributed by atoms with Crippen LogP contribution in [0.5, 0.6) is 0 Å². The largest absolute Gasteiger partial charge is 0.398 e. The summed E-state index contributed by atoms with van der Waals surface area (Å²) in [6, 6.07) is 13.7. The second-order valence-electron chi connectivity index (χ2n) is 4.45. The molecular weight excluding hydrogens is 292 g/mol. The van der Waals surface area contributed by atoms with Crippen LogP contribution < -0.4 is 5.73 Å². The minimum Gasteiger partial charge on any atom is -0.398 e. The van der Waals surface area contributed by atoms with Crippen molar-refractivity contribution < 1.29 is 0 Å². The fraction of sp³-hybridized carbons (Fsp3) is 0. The van der Waals surface area contributed by atoms with Crippen LogP contribution in [0.4, 0.5) is 5.69 Å². The summed E-state index contributed by atoms with van der Waals surface area (Å²) in [5.41, 5.74) is 8.42. The minimum atomic E-state index is 0.542. The van der Waals surface area contributed by atoms with Crippen molar-refractivity contribution in [2.75, 3.05) is 5.73 Å². The highest BCUT2D eigenvalue weighted by Crippen LogP contribution is 2.31. The predicted octanol–water partition coefficient (Wildman–Crippen LogP) is 3.85. The standard InChI is InChI=1S/C14H9ClN4S/c15-9-6-5-8(7-10(9)16)13-17-18-14-19(13)11-3-1-2-4-12(11)20-14/h1-7H,16H2. The van der Waals surface area contributed by atoms with Crippen LogP contribution in [0, 0.1) is 0 Å². The second-order valence-corrected chi connectivity index (χ2v) is 5.86. The summed E-state index contributed by atoms with van der Waals surface area (Å²) in [6.07, 6.45) is 0. The van der Waals surface area contributed by atoms with Crippen LogP contribution in [0.3, 0.4) is 0 Å². The summed E-state index contributed by atoms with van der Waals surface area (Å²) in [5.74, 6) is 0.779. The van der Waals surface area contributed by atoms with Crippen LogP contribution in [0.1, 0.15) is 0 Å². The van der Waals surface area contributed by atoms with E-state index < -0.39 is 0 Å². The van der Waals surface area contributed by atoms with Gasteiger partial charge in [0.15, 0.2) is 5.82 Å². The number of nitrogen functional groups attached to an aromatic ring is 1. The van der Waals surface area contributed by atoms with E-state index in [2.05, 4.69) is 22.3 Å². The average Bonchev–Trinajstić information content (AvgIpc) is 3.00. The maximum absolute atomic E-state index is 5.97. The van der Waals surface area contributed by atoms with Gasteiger partial charge in [-0.15, -0.1) is 10.2 Å². The molecule has 0 unspecified atom stereocenters. The lowest BCUT2D eigenvalue weighted by molar-refractivity contribution is 1.12. The number of anilines is 1. The number of rotatable bonds is 1. The van der Waals surface area contributed by atoms with Crippen molar-refractivity contribution in [1.82, 2.24) is 14.6 Å². The lowest BCUT2D eigenvalue weighted by Gasteiger charge is -2.02. The quantitative estimate of drug-likeness (QED) is 0.543. The third-order valence-corrected chi connectivity index (χ3v) is 4.55. The van der Waals surface area contributed by atoms with Crippen molar-refractivity contribution in [3.05, 3.63) is 47.5 Å². The highest BCUT2D eigenvalue weighted by atomic mass is 35.5. The number of aromatic nitrogens is 3. The number of nitrogens with zero attached hydrogens (tertiary/aromatic N) is 3. The molecule has 0 aliphatic rings. The monoisotopic (exact) mass is 300 g/mol. The number of hydrogen-bond acceptors (Lipinski definition) is 4. The molecule has 2 aromatic carbocycles. The molecule has 0 amide bonds. The Hall–Kier alpha value is -2.11. The molecule has 20 heavy (non-hydrogen) atoms. The number of halogens is 1. The van der Waals surface area contributed by atoms with Gasteiger partial charge < -0.3 is 5.73 Å². The van der Waals surface area contributed by atoms with Gasteiger partial charge in [-0.2, -0.15) is 0 Å². The van der Waals surface area contributed by atoms with E-state index in [9.17, 15) is 0 Å². The van der Waals surface area contributed by atoms with E-state index >= 15 is 0 Å². The fourth-order valence-electron chi connectivity index (χ4n) is 2.25. The van der Waals surface area contributed by atoms with Crippen LogP contribution in [-0.2, 0) is 0 Å². The van der Waals surface area contributed by atoms with E-state index in [0.29, 0.717) is 10.7 Å². The summed E-state index contributed by atoms with van der Waals surface area (Å²) >= 11 is 7.59. The first-order valence-corrected chi connectivity index (χ1v) is 7.21. The molecule has 0 aliphatic heterocycles. The molecule has 0 radical (unpaired) electrons. The van der Waals surface area contributed by atoms with Crippen molar-refractivity contribution in [3.8, 4) is 11.4 Å². The molecule has 0 bridgehead atoms. The van der Waals surface area contributed by atoms with Crippen LogP contribution in [0.25, 0.3) is 26.6 Å². The summed E-state index contributed by atoms with van der Waals surface area (Å²) in [6.45, 7) is 0. The molecule has 4 aromatic rings. The lowest BCUT2D eigenvalue weighted by atomic mass is 10.2. The number of benzene rings is 2. The number of thiazole rings is 1. The van der Waals surface area contributed by atoms with E-state index in [-0.39, 0.29) is 0 Å². The van der Waals surface area contributed by atoms with Crippen molar-refractivity contribution in [3.63, 3.8) is 0 Å². The van der Waals surface area contributed by atoms with Gasteiger partial charge >= 0.3 is 0 Å². The van der Waals surface area contributed by atoms with Gasteiger partial charge in [0.2, 0.25) is 4.96 Å². The molecular formula is C14H9ClN4S. The Morgan fingerprint density at radius 2 is 1.95 bits per heavy atom. The van der Waals surface area contributed by atoms with Crippen LogP contribution in [0.15, 0.2) is 42.5 Å². The highest BCUT2D eigenvalue weighted by molar-refractivity contribution is 7.23. The molecule has 4 nitrogen and oxygen atoms in total. The van der Waals surface area contributed by atoms with E-state index in [1.165, 1.54) is 4.70 Å². The van der Waals surface area contributed by atoms with Crippen LogP contribution >= 0.6 is 22.9 Å². The maximum atomic E-state index is 5.97. The zero-order chi connectivity index (χ0) is 13.7. The third-order valence-electron chi connectivity index (χ3n) is 3.19. The molecule has 0 aliphatic carbocycles.